The summed E-state index contributed by atoms with van der Waals surface area (Å²) in [5.41, 5.74) is 7.08. The van der Waals surface area contributed by atoms with Gasteiger partial charge in [0, 0.05) is 11.3 Å². The molecule has 2 atom stereocenters. The molecule has 3 aromatic carbocycles. The lowest BCUT2D eigenvalue weighted by Crippen LogP contribution is -2.51. The van der Waals surface area contributed by atoms with Crippen LogP contribution in [-0.4, -0.2) is 11.8 Å². The number of carbonyl (C=O) groups excluding carboxylic acids is 2. The van der Waals surface area contributed by atoms with Crippen LogP contribution >= 0.6 is 0 Å². The average molecular weight is 393 g/mol. The third-order valence-corrected chi connectivity index (χ3v) is 7.64. The molecule has 148 valence electrons. The van der Waals surface area contributed by atoms with Crippen molar-refractivity contribution >= 4 is 17.5 Å². The molecule has 2 bridgehead atoms. The van der Waals surface area contributed by atoms with Crippen LogP contribution in [0.1, 0.15) is 46.2 Å². The summed E-state index contributed by atoms with van der Waals surface area (Å²) in [5.74, 6) is -0.921. The van der Waals surface area contributed by atoms with Gasteiger partial charge in [-0.25, -0.2) is 4.90 Å². The van der Waals surface area contributed by atoms with Crippen LogP contribution in [0.25, 0.3) is 0 Å². The highest BCUT2D eigenvalue weighted by Crippen LogP contribution is 2.64. The maximum atomic E-state index is 13.9. The number of rotatable bonds is 1. The second-order valence-corrected chi connectivity index (χ2v) is 9.16. The fourth-order valence-electron chi connectivity index (χ4n) is 6.44. The van der Waals surface area contributed by atoms with Crippen LogP contribution in [0.4, 0.5) is 5.69 Å². The molecule has 0 spiro atoms. The van der Waals surface area contributed by atoms with Gasteiger partial charge in [0.15, 0.2) is 0 Å². The summed E-state index contributed by atoms with van der Waals surface area (Å²) in [6, 6.07) is 22.7. The normalized spacial score (nSPS) is 28.4. The zero-order valence-corrected chi connectivity index (χ0v) is 17.3. The van der Waals surface area contributed by atoms with E-state index in [0.29, 0.717) is 0 Å². The molecule has 1 fully saturated rings. The SMILES string of the molecule is Cc1ccc(N2C(=O)C3[C@H](C2=O)C2c4ccccc4C3(C)c3ccccc32)c(C)c1. The van der Waals surface area contributed by atoms with Crippen molar-refractivity contribution in [2.24, 2.45) is 11.8 Å². The molecule has 1 saturated heterocycles. The van der Waals surface area contributed by atoms with Crippen molar-refractivity contribution in [3.8, 4) is 0 Å². The van der Waals surface area contributed by atoms with Gasteiger partial charge in [0.2, 0.25) is 11.8 Å². The van der Waals surface area contributed by atoms with Gasteiger partial charge in [0.05, 0.1) is 17.5 Å². The van der Waals surface area contributed by atoms with Gasteiger partial charge in [-0.1, -0.05) is 73.2 Å². The van der Waals surface area contributed by atoms with Gasteiger partial charge in [-0.3, -0.25) is 9.59 Å². The van der Waals surface area contributed by atoms with E-state index in [9.17, 15) is 9.59 Å². The summed E-state index contributed by atoms with van der Waals surface area (Å²) in [6.07, 6.45) is 0. The molecule has 1 heterocycles. The van der Waals surface area contributed by atoms with E-state index in [0.717, 1.165) is 16.8 Å². The quantitative estimate of drug-likeness (QED) is 0.553. The molecule has 0 N–H and O–H groups in total. The van der Waals surface area contributed by atoms with Crippen LogP contribution in [0, 0.1) is 25.7 Å². The molecule has 7 rings (SSSR count). The Morgan fingerprint density at radius 3 is 2.00 bits per heavy atom. The Balaban J connectivity index is 1.62. The minimum absolute atomic E-state index is 0.0582. The fraction of sp³-hybridized carbons (Fsp3) is 0.259. The van der Waals surface area contributed by atoms with Crippen LogP contribution in [0.3, 0.4) is 0 Å². The third kappa shape index (κ3) is 1.91. The van der Waals surface area contributed by atoms with Gasteiger partial charge in [-0.05, 0) is 47.7 Å². The standard InChI is InChI=1S/C27H23NO2/c1-15-12-13-21(16(2)14-15)28-25(29)23-22-17-8-4-6-10-19(17)27(3,24(23)26(28)30)20-11-7-5-9-18(20)22/h4-14,22-24H,1-3H3/t22?,23-,24?,27?/m1/s1. The molecule has 3 heteroatoms. The summed E-state index contributed by atoms with van der Waals surface area (Å²) >= 11 is 0. The number of hydrogen-bond donors (Lipinski definition) is 0. The third-order valence-electron chi connectivity index (χ3n) is 7.64. The summed E-state index contributed by atoms with van der Waals surface area (Å²) in [6.45, 7) is 6.16. The molecule has 30 heavy (non-hydrogen) atoms. The van der Waals surface area contributed by atoms with Crippen LogP contribution < -0.4 is 4.90 Å². The van der Waals surface area contributed by atoms with Crippen molar-refractivity contribution in [1.82, 2.24) is 0 Å². The Hall–Kier alpha value is -3.20. The van der Waals surface area contributed by atoms with Crippen LogP contribution in [-0.2, 0) is 15.0 Å². The van der Waals surface area contributed by atoms with E-state index in [-0.39, 0.29) is 29.6 Å². The average Bonchev–Trinajstić information content (AvgIpc) is 3.01. The van der Waals surface area contributed by atoms with Gasteiger partial charge < -0.3 is 0 Å². The monoisotopic (exact) mass is 393 g/mol. The summed E-state index contributed by atoms with van der Waals surface area (Å²) in [4.78, 5) is 29.2. The molecule has 2 amide bonds. The number of nitrogens with zero attached hydrogens (tertiary/aromatic N) is 1. The Kier molecular flexibility index (Phi) is 3.35. The molecule has 0 aromatic heterocycles. The molecule has 1 unspecified atom stereocenters. The second-order valence-electron chi connectivity index (χ2n) is 9.16. The fourth-order valence-corrected chi connectivity index (χ4v) is 6.44. The molecule has 0 saturated carbocycles. The van der Waals surface area contributed by atoms with Crippen molar-refractivity contribution in [2.45, 2.75) is 32.1 Å². The van der Waals surface area contributed by atoms with E-state index in [1.54, 1.807) is 0 Å². The molecule has 4 aliphatic rings. The lowest BCUT2D eigenvalue weighted by Gasteiger charge is -2.52. The van der Waals surface area contributed by atoms with E-state index in [1.807, 2.05) is 56.3 Å². The maximum absolute atomic E-state index is 13.9. The molecular weight excluding hydrogens is 370 g/mol. The molecular formula is C27H23NO2. The van der Waals surface area contributed by atoms with Gasteiger partial charge in [-0.2, -0.15) is 0 Å². The number of carbonyl (C=O) groups is 2. The number of benzene rings is 3. The lowest BCUT2D eigenvalue weighted by atomic mass is 9.48. The highest BCUT2D eigenvalue weighted by atomic mass is 16.2. The Morgan fingerprint density at radius 1 is 0.800 bits per heavy atom. The van der Waals surface area contributed by atoms with E-state index in [1.165, 1.54) is 27.2 Å². The predicted molar refractivity (Wildman–Crippen MR) is 117 cm³/mol. The Bertz CT molecular complexity index is 1210. The number of aryl methyl sites for hydroxylation is 2. The van der Waals surface area contributed by atoms with Gasteiger partial charge in [0.1, 0.15) is 0 Å². The van der Waals surface area contributed by atoms with Crippen molar-refractivity contribution in [3.63, 3.8) is 0 Å². The Morgan fingerprint density at radius 2 is 1.40 bits per heavy atom. The van der Waals surface area contributed by atoms with E-state index in [2.05, 4.69) is 31.2 Å². The molecule has 3 nitrogen and oxygen atoms in total. The first-order chi connectivity index (χ1) is 14.4. The van der Waals surface area contributed by atoms with Gasteiger partial charge >= 0.3 is 0 Å². The van der Waals surface area contributed by atoms with Gasteiger partial charge in [0.25, 0.3) is 0 Å². The molecule has 3 aromatic rings. The van der Waals surface area contributed by atoms with Gasteiger partial charge in [-0.15, -0.1) is 0 Å². The molecule has 1 aliphatic heterocycles. The van der Waals surface area contributed by atoms with E-state index < -0.39 is 5.41 Å². The highest BCUT2D eigenvalue weighted by molar-refractivity contribution is 6.24. The largest absolute Gasteiger partial charge is 0.274 e. The van der Waals surface area contributed by atoms with Crippen LogP contribution in [0.2, 0.25) is 0 Å². The first kappa shape index (κ1) is 17.6. The maximum Gasteiger partial charge on any atom is 0.238 e. The summed E-state index contributed by atoms with van der Waals surface area (Å²) < 4.78 is 0. The van der Waals surface area contributed by atoms with Crippen molar-refractivity contribution in [1.29, 1.82) is 0 Å². The zero-order chi connectivity index (χ0) is 20.8. The number of imide groups is 1. The number of amides is 2. The van der Waals surface area contributed by atoms with E-state index in [4.69, 9.17) is 0 Å². The second kappa shape index (κ2) is 5.69. The molecule has 0 radical (unpaired) electrons. The predicted octanol–water partition coefficient (Wildman–Crippen LogP) is 4.87. The number of hydrogen-bond acceptors (Lipinski definition) is 2. The lowest BCUT2D eigenvalue weighted by molar-refractivity contribution is -0.123. The smallest absolute Gasteiger partial charge is 0.238 e. The minimum atomic E-state index is -0.507. The highest BCUT2D eigenvalue weighted by Gasteiger charge is 2.66. The van der Waals surface area contributed by atoms with E-state index >= 15 is 0 Å². The molecule has 3 aliphatic carbocycles. The van der Waals surface area contributed by atoms with Crippen molar-refractivity contribution < 1.29 is 9.59 Å². The minimum Gasteiger partial charge on any atom is -0.274 e. The Labute approximate surface area is 176 Å². The van der Waals surface area contributed by atoms with Crippen molar-refractivity contribution in [2.75, 3.05) is 4.90 Å². The topological polar surface area (TPSA) is 37.4 Å². The summed E-state index contributed by atoms with van der Waals surface area (Å²) in [5, 5.41) is 0. The first-order valence-corrected chi connectivity index (χ1v) is 10.6. The zero-order valence-electron chi connectivity index (χ0n) is 17.3. The van der Waals surface area contributed by atoms with Crippen LogP contribution in [0.5, 0.6) is 0 Å². The number of anilines is 1. The first-order valence-electron chi connectivity index (χ1n) is 10.6. The van der Waals surface area contributed by atoms with Crippen LogP contribution in [0.15, 0.2) is 66.7 Å². The summed E-state index contributed by atoms with van der Waals surface area (Å²) in [7, 11) is 0. The van der Waals surface area contributed by atoms with Crippen molar-refractivity contribution in [3.05, 3.63) is 100 Å².